The molecule has 2 rings (SSSR count). The molecule has 0 aliphatic heterocycles. The van der Waals surface area contributed by atoms with Gasteiger partial charge in [0.15, 0.2) is 0 Å². The first-order valence-corrected chi connectivity index (χ1v) is 10.5. The third kappa shape index (κ3) is 6.21. The minimum absolute atomic E-state index is 0.104. The smallest absolute Gasteiger partial charge is 0.355 e. The maximum Gasteiger partial charge on any atom is 0.355 e. The zero-order chi connectivity index (χ0) is 20.0. The highest BCUT2D eigenvalue weighted by atomic mass is 32.2. The van der Waals surface area contributed by atoms with Crippen LogP contribution in [0.25, 0.3) is 10.9 Å². The largest absolute Gasteiger partial charge is 0.461 e. The molecule has 0 fully saturated rings. The van der Waals surface area contributed by atoms with Crippen molar-refractivity contribution in [1.82, 2.24) is 15.0 Å². The number of hydrogen-bond acceptors (Lipinski definition) is 7. The van der Waals surface area contributed by atoms with Crippen LogP contribution in [-0.2, 0) is 14.8 Å². The average Bonchev–Trinajstić information content (AvgIpc) is 2.89. The molecule has 1 unspecified atom stereocenters. The lowest BCUT2D eigenvalue weighted by Gasteiger charge is -2.12. The van der Waals surface area contributed by atoms with Gasteiger partial charge in [0.2, 0.25) is 10.0 Å². The second kappa shape index (κ2) is 9.18. The van der Waals surface area contributed by atoms with Gasteiger partial charge in [-0.25, -0.2) is 13.2 Å². The Bertz CT molecular complexity index is 894. The van der Waals surface area contributed by atoms with Gasteiger partial charge in [-0.2, -0.15) is 4.72 Å². The van der Waals surface area contributed by atoms with E-state index in [2.05, 4.69) is 20.3 Å². The van der Waals surface area contributed by atoms with Gasteiger partial charge < -0.3 is 25.5 Å². The van der Waals surface area contributed by atoms with Crippen LogP contribution in [0.2, 0.25) is 0 Å². The quantitative estimate of drug-likeness (QED) is 0.224. The molecule has 27 heavy (non-hydrogen) atoms. The number of aliphatic hydroxyl groups is 1. The summed E-state index contributed by atoms with van der Waals surface area (Å²) in [4.78, 5) is 15.1. The van der Waals surface area contributed by atoms with Gasteiger partial charge in [0, 0.05) is 36.2 Å². The maximum atomic E-state index is 12.0. The molecule has 1 heterocycles. The van der Waals surface area contributed by atoms with E-state index in [4.69, 9.17) is 4.74 Å². The number of nitrogens with one attached hydrogen (secondary N) is 4. The van der Waals surface area contributed by atoms with E-state index < -0.39 is 16.3 Å². The van der Waals surface area contributed by atoms with Crippen molar-refractivity contribution in [3.63, 3.8) is 0 Å². The van der Waals surface area contributed by atoms with Crippen molar-refractivity contribution in [3.05, 3.63) is 29.5 Å². The summed E-state index contributed by atoms with van der Waals surface area (Å²) in [6.45, 7) is 5.16. The second-order valence-electron chi connectivity index (χ2n) is 6.14. The summed E-state index contributed by atoms with van der Waals surface area (Å²) >= 11 is 0. The Morgan fingerprint density at radius 2 is 2.07 bits per heavy atom. The number of carbonyl (C=O) groups is 1. The maximum absolute atomic E-state index is 12.0. The summed E-state index contributed by atoms with van der Waals surface area (Å²) in [5.41, 5.74) is 3.01. The number of aromatic amines is 1. The lowest BCUT2D eigenvalue weighted by atomic mass is 10.1. The van der Waals surface area contributed by atoms with Gasteiger partial charge >= 0.3 is 5.97 Å². The number of sulfonamides is 1. The average molecular weight is 398 g/mol. The number of aryl methyl sites for hydroxylation is 1. The Labute approximate surface area is 158 Å². The molecule has 150 valence electrons. The number of aliphatic hydroxyl groups excluding tert-OH is 1. The molecule has 0 spiro atoms. The van der Waals surface area contributed by atoms with Gasteiger partial charge in [0.25, 0.3) is 0 Å². The number of benzene rings is 1. The first kappa shape index (κ1) is 21.2. The lowest BCUT2D eigenvalue weighted by molar-refractivity contribution is 0.0519. The molecular formula is C17H26N4O5S. The van der Waals surface area contributed by atoms with Crippen molar-refractivity contribution in [2.24, 2.45) is 0 Å². The highest BCUT2D eigenvalue weighted by Gasteiger charge is 2.15. The van der Waals surface area contributed by atoms with Gasteiger partial charge in [-0.3, -0.25) is 0 Å². The number of hydrogen-bond donors (Lipinski definition) is 5. The number of fused-ring (bicyclic) bond motifs is 1. The van der Waals surface area contributed by atoms with Crippen molar-refractivity contribution < 1.29 is 23.1 Å². The fourth-order valence-electron chi connectivity index (χ4n) is 2.68. The molecule has 9 nitrogen and oxygen atoms in total. The third-order valence-corrected chi connectivity index (χ3v) is 4.56. The molecule has 0 amide bonds. The summed E-state index contributed by atoms with van der Waals surface area (Å²) in [6, 6.07) is 5.75. The summed E-state index contributed by atoms with van der Waals surface area (Å²) in [6.07, 6.45) is -0.177. The van der Waals surface area contributed by atoms with Crippen molar-refractivity contribution in [2.45, 2.75) is 20.1 Å². The zero-order valence-corrected chi connectivity index (χ0v) is 16.4. The standard InChI is InChI=1S/C17H26N4O5S/c1-4-26-17(23)16-11(2)13-6-5-12(9-14(13)20-16)19-8-7-18-10-15(22)21-27(3,24)25/h5-6,9,15,18-22H,4,7-8,10H2,1-3H3. The Morgan fingerprint density at radius 1 is 1.33 bits per heavy atom. The summed E-state index contributed by atoms with van der Waals surface area (Å²) in [7, 11) is -3.43. The molecule has 0 saturated heterocycles. The summed E-state index contributed by atoms with van der Waals surface area (Å²) < 4.78 is 29.1. The van der Waals surface area contributed by atoms with Crippen molar-refractivity contribution in [3.8, 4) is 0 Å². The van der Waals surface area contributed by atoms with Gasteiger partial charge in [-0.05, 0) is 31.5 Å². The van der Waals surface area contributed by atoms with E-state index in [9.17, 15) is 18.3 Å². The monoisotopic (exact) mass is 398 g/mol. The van der Waals surface area contributed by atoms with E-state index in [0.29, 0.717) is 25.4 Å². The molecule has 10 heteroatoms. The minimum Gasteiger partial charge on any atom is -0.461 e. The Balaban J connectivity index is 1.88. The number of carbonyl (C=O) groups excluding carboxylic acids is 1. The Morgan fingerprint density at radius 3 is 2.74 bits per heavy atom. The molecule has 0 saturated carbocycles. The number of esters is 1. The van der Waals surface area contributed by atoms with Crippen LogP contribution in [0.1, 0.15) is 23.0 Å². The van der Waals surface area contributed by atoms with E-state index in [1.54, 1.807) is 6.92 Å². The van der Waals surface area contributed by atoms with E-state index in [1.165, 1.54) is 0 Å². The first-order valence-electron chi connectivity index (χ1n) is 8.60. The molecule has 2 aromatic rings. The summed E-state index contributed by atoms with van der Waals surface area (Å²) in [5.74, 6) is -0.369. The zero-order valence-electron chi connectivity index (χ0n) is 15.6. The normalized spacial score (nSPS) is 12.9. The Hall–Kier alpha value is -2.14. The number of anilines is 1. The van der Waals surface area contributed by atoms with Crippen LogP contribution in [0, 0.1) is 6.92 Å². The van der Waals surface area contributed by atoms with E-state index >= 15 is 0 Å². The van der Waals surface area contributed by atoms with Crippen LogP contribution in [0.3, 0.4) is 0 Å². The van der Waals surface area contributed by atoms with Crippen LogP contribution < -0.4 is 15.4 Å². The number of aromatic nitrogens is 1. The van der Waals surface area contributed by atoms with Gasteiger partial charge in [0.1, 0.15) is 11.9 Å². The lowest BCUT2D eigenvalue weighted by Crippen LogP contribution is -2.42. The van der Waals surface area contributed by atoms with Crippen molar-refractivity contribution in [2.75, 3.05) is 37.8 Å². The van der Waals surface area contributed by atoms with Crippen LogP contribution in [0.5, 0.6) is 0 Å². The van der Waals surface area contributed by atoms with Gasteiger partial charge in [0.05, 0.1) is 12.9 Å². The van der Waals surface area contributed by atoms with Gasteiger partial charge in [-0.1, -0.05) is 6.07 Å². The molecule has 0 aliphatic carbocycles. The summed E-state index contributed by atoms with van der Waals surface area (Å²) in [5, 5.41) is 16.6. The van der Waals surface area contributed by atoms with E-state index in [0.717, 1.165) is 28.4 Å². The molecule has 1 aromatic heterocycles. The van der Waals surface area contributed by atoms with Gasteiger partial charge in [-0.15, -0.1) is 0 Å². The molecule has 0 aliphatic rings. The molecule has 1 atom stereocenters. The predicted octanol–water partition coefficient (Wildman–Crippen LogP) is 0.522. The fourth-order valence-corrected chi connectivity index (χ4v) is 3.26. The van der Waals surface area contributed by atoms with Crippen molar-refractivity contribution >= 4 is 32.6 Å². The number of H-pyrrole nitrogens is 1. The fraction of sp³-hybridized carbons (Fsp3) is 0.471. The highest BCUT2D eigenvalue weighted by Crippen LogP contribution is 2.25. The number of rotatable bonds is 10. The highest BCUT2D eigenvalue weighted by molar-refractivity contribution is 7.88. The van der Waals surface area contributed by atoms with Crippen LogP contribution in [0.4, 0.5) is 5.69 Å². The third-order valence-electron chi connectivity index (χ3n) is 3.86. The topological polar surface area (TPSA) is 133 Å². The molecule has 1 aromatic carbocycles. The minimum atomic E-state index is -3.43. The van der Waals surface area contributed by atoms with Crippen molar-refractivity contribution in [1.29, 1.82) is 0 Å². The van der Waals surface area contributed by atoms with Crippen LogP contribution in [-0.4, -0.2) is 63.2 Å². The predicted molar refractivity (Wildman–Crippen MR) is 104 cm³/mol. The molecular weight excluding hydrogens is 372 g/mol. The molecule has 0 bridgehead atoms. The first-order chi connectivity index (χ1) is 12.7. The van der Waals surface area contributed by atoms with Crippen LogP contribution in [0.15, 0.2) is 18.2 Å². The van der Waals surface area contributed by atoms with E-state index in [1.807, 2.05) is 25.1 Å². The van der Waals surface area contributed by atoms with E-state index in [-0.39, 0.29) is 12.5 Å². The SMILES string of the molecule is CCOC(=O)c1[nH]c2cc(NCCNCC(O)NS(C)(=O)=O)ccc2c1C. The molecule has 5 N–H and O–H groups in total. The second-order valence-corrected chi connectivity index (χ2v) is 7.92. The number of ether oxygens (including phenoxy) is 1. The molecule has 0 radical (unpaired) electrons. The van der Waals surface area contributed by atoms with Crippen LogP contribution >= 0.6 is 0 Å². The Kier molecular flexibility index (Phi) is 7.19.